The minimum Gasteiger partial charge on any atom is -0.493 e. The van der Waals surface area contributed by atoms with Crippen LogP contribution in [0, 0.1) is 27.9 Å². The van der Waals surface area contributed by atoms with E-state index in [9.17, 15) is 25.1 Å². The van der Waals surface area contributed by atoms with Crippen LogP contribution < -0.4 is 9.47 Å². The van der Waals surface area contributed by atoms with Gasteiger partial charge in [-0.1, -0.05) is 48.3 Å². The van der Waals surface area contributed by atoms with Crippen molar-refractivity contribution in [2.45, 2.75) is 67.6 Å². The molecule has 3 aromatic rings. The highest BCUT2D eigenvalue weighted by Crippen LogP contribution is 2.61. The number of carbonyl (C=O) groups is 1. The maximum atomic E-state index is 14.2. The molecule has 1 fully saturated rings. The van der Waals surface area contributed by atoms with E-state index >= 15 is 0 Å². The van der Waals surface area contributed by atoms with Crippen molar-refractivity contribution in [2.75, 3.05) is 46.3 Å². The smallest absolute Gasteiger partial charge is 0.269 e. The Kier molecular flexibility index (Phi) is 15.4. The maximum absolute atomic E-state index is 14.2. The Bertz CT molecular complexity index is 1990. The number of nitrogens with zero attached hydrogens (tertiary/aromatic N) is 3. The number of carbonyl (C=O) groups excluding carboxylic acids is 1. The van der Waals surface area contributed by atoms with E-state index in [2.05, 4.69) is 36.0 Å². The van der Waals surface area contributed by atoms with Crippen molar-refractivity contribution in [1.82, 2.24) is 4.90 Å². The number of allylic oxidation sites excluding steroid dienone is 1. The van der Waals surface area contributed by atoms with Crippen LogP contribution in [-0.4, -0.2) is 89.8 Å². The van der Waals surface area contributed by atoms with Crippen molar-refractivity contribution in [1.29, 1.82) is 0 Å². The number of hydrogen-bond acceptors (Lipinski definition) is 11. The van der Waals surface area contributed by atoms with Gasteiger partial charge in [-0.2, -0.15) is 0 Å². The zero-order chi connectivity index (χ0) is 41.8. The molecule has 59 heavy (non-hydrogen) atoms. The molecule has 1 aliphatic heterocycles. The summed E-state index contributed by atoms with van der Waals surface area (Å²) in [7, 11) is 3.24. The Labute approximate surface area is 350 Å². The zero-order valence-corrected chi connectivity index (χ0v) is 34.6. The fourth-order valence-electron chi connectivity index (χ4n) is 8.91. The van der Waals surface area contributed by atoms with Gasteiger partial charge in [0.1, 0.15) is 24.7 Å². The standard InChI is InChI=1S/C46H55N3O9S/c1-4-26-57-46-42(48(2)43(52)23-18-32-16-19-34(20-17-32)49(53)54)31-40(47-55-3)38-29-33(12-8-10-24-50)37(15-9-11-25-51)44(45(38)46)39-30-35(21-22-41(39)58-46)56-27-28-59-36-13-6-5-7-14-36/h4-7,13-14,16-23,29-30,33,37,42,44-45,50-51H,1,8-12,15,24-28,31H2,2-3H3/t33-,37+,42-,44+,45+,46+/m0/s1. The highest BCUT2D eigenvalue weighted by molar-refractivity contribution is 7.99. The molecule has 1 heterocycles. The molecule has 2 N–H and O–H groups in total. The molecule has 3 aliphatic rings. The molecule has 0 bridgehead atoms. The first-order valence-electron chi connectivity index (χ1n) is 20.4. The third-order valence-corrected chi connectivity index (χ3v) is 12.5. The van der Waals surface area contributed by atoms with E-state index < -0.39 is 22.7 Å². The topological polar surface area (TPSA) is 153 Å². The quantitative estimate of drug-likeness (QED) is 0.0269. The van der Waals surface area contributed by atoms with Crippen LogP contribution in [0.2, 0.25) is 0 Å². The number of unbranched alkanes of at least 4 members (excludes halogenated alkanes) is 2. The number of thioether (sulfide) groups is 1. The number of nitro benzene ring substituents is 1. The Morgan fingerprint density at radius 3 is 2.51 bits per heavy atom. The molecule has 6 rings (SSSR count). The number of oxime groups is 1. The average Bonchev–Trinajstić information content (AvgIpc) is 3.25. The van der Waals surface area contributed by atoms with Crippen molar-refractivity contribution in [2.24, 2.45) is 22.9 Å². The van der Waals surface area contributed by atoms with Crippen molar-refractivity contribution in [3.8, 4) is 11.5 Å². The van der Waals surface area contributed by atoms with Crippen molar-refractivity contribution in [3.05, 3.63) is 124 Å². The van der Waals surface area contributed by atoms with Gasteiger partial charge in [0.25, 0.3) is 5.69 Å². The molecule has 13 heteroatoms. The van der Waals surface area contributed by atoms with Gasteiger partial charge in [-0.15, -0.1) is 18.3 Å². The van der Waals surface area contributed by atoms with E-state index in [4.69, 9.17) is 19.0 Å². The van der Waals surface area contributed by atoms with Gasteiger partial charge in [-0.05, 0) is 97.2 Å². The summed E-state index contributed by atoms with van der Waals surface area (Å²) in [6, 6.07) is 21.5. The molecular formula is C46H55N3O9S. The number of non-ortho nitro benzene ring substituents is 1. The fourth-order valence-corrected chi connectivity index (χ4v) is 9.66. The van der Waals surface area contributed by atoms with Gasteiger partial charge in [-0.3, -0.25) is 14.9 Å². The predicted molar refractivity (Wildman–Crippen MR) is 230 cm³/mol. The summed E-state index contributed by atoms with van der Waals surface area (Å²) in [5, 5.41) is 35.5. The SMILES string of the molecule is C=CCO[C@@]12Oc3ccc(OCCSc4ccccc4)cc3[C@H]3[C@H](CCCCO)[C@@H](CCCCO)C=C(C(=NOC)C[C@@H]1N(C)C(=O)C=Cc1ccc([N+](=O)[O-])cc1)[C@H]32. The number of aliphatic hydroxyl groups is 2. The van der Waals surface area contributed by atoms with Crippen LogP contribution in [-0.2, 0) is 14.4 Å². The molecule has 0 spiro atoms. The molecule has 1 amide bonds. The first-order valence-corrected chi connectivity index (χ1v) is 21.3. The molecular weight excluding hydrogens is 771 g/mol. The number of hydrogen-bond donors (Lipinski definition) is 2. The number of aliphatic hydroxyl groups excluding tert-OH is 2. The second kappa shape index (κ2) is 20.8. The van der Waals surface area contributed by atoms with Crippen LogP contribution in [0.3, 0.4) is 0 Å². The van der Waals surface area contributed by atoms with Gasteiger partial charge in [0.15, 0.2) is 0 Å². The number of amides is 1. The largest absolute Gasteiger partial charge is 0.493 e. The van der Waals surface area contributed by atoms with Gasteiger partial charge in [0.05, 0.1) is 29.8 Å². The number of likely N-dealkylation sites (N-methyl/N-ethyl adjacent to an activating group) is 1. The number of fused-ring (bicyclic) bond motifs is 2. The van der Waals surface area contributed by atoms with Gasteiger partial charge >= 0.3 is 0 Å². The molecule has 1 saturated carbocycles. The monoisotopic (exact) mass is 825 g/mol. The summed E-state index contributed by atoms with van der Waals surface area (Å²) in [6.07, 6.45) is 12.0. The molecule has 314 valence electrons. The Balaban J connectivity index is 1.44. The molecule has 0 saturated heterocycles. The van der Waals surface area contributed by atoms with E-state index in [0.717, 1.165) is 48.3 Å². The summed E-state index contributed by atoms with van der Waals surface area (Å²) in [5.41, 5.74) is 3.23. The molecule has 0 aromatic heterocycles. The first kappa shape index (κ1) is 43.6. The lowest BCUT2D eigenvalue weighted by Crippen LogP contribution is -2.69. The third kappa shape index (κ3) is 10.1. The maximum Gasteiger partial charge on any atom is 0.269 e. The second-order valence-electron chi connectivity index (χ2n) is 15.1. The summed E-state index contributed by atoms with van der Waals surface area (Å²) in [5.74, 6) is 0.0133. The lowest BCUT2D eigenvalue weighted by Gasteiger charge is -2.59. The van der Waals surface area contributed by atoms with Crippen molar-refractivity contribution >= 4 is 35.1 Å². The van der Waals surface area contributed by atoms with Crippen LogP contribution in [0.1, 0.15) is 62.0 Å². The van der Waals surface area contributed by atoms with Crippen LogP contribution in [0.25, 0.3) is 6.08 Å². The predicted octanol–water partition coefficient (Wildman–Crippen LogP) is 8.20. The highest BCUT2D eigenvalue weighted by atomic mass is 32.2. The van der Waals surface area contributed by atoms with E-state index in [-0.39, 0.29) is 55.6 Å². The third-order valence-electron chi connectivity index (χ3n) is 11.5. The number of rotatable bonds is 21. The first-order chi connectivity index (χ1) is 28.7. The average molecular weight is 826 g/mol. The Morgan fingerprint density at radius 2 is 1.81 bits per heavy atom. The van der Waals surface area contributed by atoms with Crippen LogP contribution in [0.15, 0.2) is 113 Å². The molecule has 6 atom stereocenters. The number of benzene rings is 3. The van der Waals surface area contributed by atoms with E-state index in [1.807, 2.05) is 30.3 Å². The lowest BCUT2D eigenvalue weighted by atomic mass is 9.55. The molecule has 0 radical (unpaired) electrons. The summed E-state index contributed by atoms with van der Waals surface area (Å²) < 4.78 is 20.5. The minimum atomic E-state index is -1.38. The summed E-state index contributed by atoms with van der Waals surface area (Å²) >= 11 is 1.73. The number of ether oxygens (including phenoxy) is 3. The van der Waals surface area contributed by atoms with Crippen molar-refractivity contribution < 1.29 is 39.0 Å². The molecule has 2 aliphatic carbocycles. The number of nitro groups is 1. The second-order valence-corrected chi connectivity index (χ2v) is 16.3. The fraction of sp³-hybridized carbons (Fsp3) is 0.435. The lowest BCUT2D eigenvalue weighted by molar-refractivity contribution is -0.384. The molecule has 3 aromatic carbocycles. The zero-order valence-electron chi connectivity index (χ0n) is 33.8. The molecule has 12 nitrogen and oxygen atoms in total. The van der Waals surface area contributed by atoms with E-state index in [1.165, 1.54) is 30.2 Å². The summed E-state index contributed by atoms with van der Waals surface area (Å²) in [6.45, 7) is 4.83. The molecule has 0 unspecified atom stereocenters. The minimum absolute atomic E-state index is 0.0364. The Hall–Kier alpha value is -4.95. The van der Waals surface area contributed by atoms with Crippen LogP contribution in [0.4, 0.5) is 5.69 Å². The van der Waals surface area contributed by atoms with Gasteiger partial charge in [0, 0.05) is 67.0 Å². The van der Waals surface area contributed by atoms with Gasteiger partial charge in [0.2, 0.25) is 11.7 Å². The Morgan fingerprint density at radius 1 is 1.07 bits per heavy atom. The normalized spacial score (nSPS) is 23.8. The van der Waals surface area contributed by atoms with Gasteiger partial charge < -0.3 is 34.2 Å². The highest BCUT2D eigenvalue weighted by Gasteiger charge is 2.65. The van der Waals surface area contributed by atoms with Crippen LogP contribution in [0.5, 0.6) is 11.5 Å². The van der Waals surface area contributed by atoms with Gasteiger partial charge in [-0.25, -0.2) is 0 Å². The summed E-state index contributed by atoms with van der Waals surface area (Å²) in [4.78, 5) is 33.2. The van der Waals surface area contributed by atoms with E-state index in [1.54, 1.807) is 48.0 Å². The van der Waals surface area contributed by atoms with E-state index in [0.29, 0.717) is 36.5 Å². The van der Waals surface area contributed by atoms with Crippen LogP contribution >= 0.6 is 11.8 Å². The van der Waals surface area contributed by atoms with Crippen molar-refractivity contribution in [3.63, 3.8) is 0 Å².